The van der Waals surface area contributed by atoms with E-state index in [9.17, 15) is 0 Å². The van der Waals surface area contributed by atoms with Gasteiger partial charge in [0.05, 0.1) is 0 Å². The van der Waals surface area contributed by atoms with Gasteiger partial charge in [0.2, 0.25) is 0 Å². The Kier molecular flexibility index (Phi) is 4.83. The van der Waals surface area contributed by atoms with Crippen LogP contribution in [0.1, 0.15) is 0 Å². The molecule has 0 atom stereocenters. The van der Waals surface area contributed by atoms with Crippen molar-refractivity contribution in [2.45, 2.75) is 0 Å². The van der Waals surface area contributed by atoms with E-state index >= 15 is 0 Å². The normalized spacial score (nSPS) is 11.4. The van der Waals surface area contributed by atoms with Crippen LogP contribution in [0.5, 0.6) is 5.75 Å². The maximum atomic E-state index is 5.74. The Morgan fingerprint density at radius 1 is 0.654 bits per heavy atom. The average molecular weight is 421 g/mol. The third kappa shape index (κ3) is 2.85. The van der Waals surface area contributed by atoms with Crippen molar-refractivity contribution in [2.75, 3.05) is 7.11 Å². The fraction of sp³-hybridized carbons (Fsp3) is 0.0435. The van der Waals surface area contributed by atoms with Crippen LogP contribution in [-0.4, -0.2) is 22.2 Å². The summed E-state index contributed by atoms with van der Waals surface area (Å²) in [5, 5.41) is 6.35. The quantitative estimate of drug-likeness (QED) is 0.354. The van der Waals surface area contributed by atoms with Gasteiger partial charge in [-0.05, 0) is 0 Å². The zero-order valence-electron chi connectivity index (χ0n) is 14.5. The van der Waals surface area contributed by atoms with E-state index in [2.05, 4.69) is 106 Å². The fourth-order valence-corrected chi connectivity index (χ4v) is 8.80. The monoisotopic (exact) mass is 422 g/mol. The molecule has 0 amide bonds. The number of methoxy groups -OCH3 is 1. The third-order valence-corrected chi connectivity index (χ3v) is 11.6. The first-order valence-electron chi connectivity index (χ1n) is 8.53. The first-order chi connectivity index (χ1) is 12.7. The molecule has 3 heteroatoms. The van der Waals surface area contributed by atoms with E-state index in [1.165, 1.54) is 26.7 Å². The molecule has 0 spiro atoms. The summed E-state index contributed by atoms with van der Waals surface area (Å²) >= 11 is 3.64. The van der Waals surface area contributed by atoms with Crippen molar-refractivity contribution in [3.8, 4) is 5.75 Å². The van der Waals surface area contributed by atoms with E-state index in [-0.39, 0.29) is 0 Å². The summed E-state index contributed by atoms with van der Waals surface area (Å²) in [6, 6.07) is 34.3. The minimum absolute atomic E-state index is 0.921. The van der Waals surface area contributed by atoms with Crippen molar-refractivity contribution >= 4 is 47.3 Å². The number of benzene rings is 4. The van der Waals surface area contributed by atoms with E-state index in [1.54, 1.807) is 7.11 Å². The van der Waals surface area contributed by atoms with Gasteiger partial charge in [0.1, 0.15) is 0 Å². The number of hydrogen-bond acceptors (Lipinski definition) is 1. The topological polar surface area (TPSA) is 9.23 Å². The van der Waals surface area contributed by atoms with E-state index in [0.29, 0.717) is 0 Å². The van der Waals surface area contributed by atoms with E-state index < -0.39 is 5.51 Å². The standard InChI is InChI=1S/C23H19OPSe/c1-24-21-16-8-10-18-11-9-17-22(23(18)21)25(26,19-12-4-2-5-13-19)20-14-6-3-7-15-20/h2-17H,1H3. The van der Waals surface area contributed by atoms with Crippen LogP contribution in [0.15, 0.2) is 97.1 Å². The Bertz CT molecular complexity index is 1040. The van der Waals surface area contributed by atoms with Gasteiger partial charge in [-0.15, -0.1) is 0 Å². The van der Waals surface area contributed by atoms with Crippen molar-refractivity contribution in [1.82, 2.24) is 0 Å². The molecular formula is C23H19OPSe. The van der Waals surface area contributed by atoms with Gasteiger partial charge in [-0.1, -0.05) is 0 Å². The summed E-state index contributed by atoms with van der Waals surface area (Å²) in [4.78, 5) is 0. The van der Waals surface area contributed by atoms with Crippen LogP contribution < -0.4 is 20.7 Å². The van der Waals surface area contributed by atoms with Crippen molar-refractivity contribution in [1.29, 1.82) is 0 Å². The molecule has 0 aliphatic heterocycles. The molecule has 0 unspecified atom stereocenters. The molecule has 0 saturated carbocycles. The summed E-state index contributed by atoms with van der Waals surface area (Å²) in [7, 11) is 1.75. The molecule has 0 radical (unpaired) electrons. The molecule has 26 heavy (non-hydrogen) atoms. The van der Waals surface area contributed by atoms with Gasteiger partial charge in [-0.25, -0.2) is 0 Å². The molecule has 0 saturated heterocycles. The number of hydrogen-bond donors (Lipinski definition) is 0. The first kappa shape index (κ1) is 17.3. The SMILES string of the molecule is COc1cccc2cccc(P(=[Se])(c3ccccc3)c3ccccc3)c12. The third-order valence-electron chi connectivity index (χ3n) is 4.64. The van der Waals surface area contributed by atoms with Gasteiger partial charge >= 0.3 is 162 Å². The van der Waals surface area contributed by atoms with Gasteiger partial charge in [-0.3, -0.25) is 0 Å². The number of fused-ring (bicyclic) bond motifs is 1. The molecule has 4 aromatic carbocycles. The van der Waals surface area contributed by atoms with Gasteiger partial charge in [-0.2, -0.15) is 0 Å². The Labute approximate surface area is 161 Å². The summed E-state index contributed by atoms with van der Waals surface area (Å²) < 4.78 is 5.74. The van der Waals surface area contributed by atoms with E-state index in [0.717, 1.165) is 5.75 Å². The zero-order valence-corrected chi connectivity index (χ0v) is 17.1. The summed E-state index contributed by atoms with van der Waals surface area (Å²) in [5.74, 6) is 0.921. The molecule has 0 aliphatic carbocycles. The number of ether oxygens (including phenoxy) is 1. The van der Waals surface area contributed by atoms with Crippen LogP contribution in [0, 0.1) is 0 Å². The Hall–Kier alpha value is -2.11. The van der Waals surface area contributed by atoms with Crippen LogP contribution in [0.4, 0.5) is 0 Å². The van der Waals surface area contributed by atoms with Gasteiger partial charge in [0, 0.05) is 0 Å². The zero-order chi connectivity index (χ0) is 18.0. The molecule has 0 bridgehead atoms. The van der Waals surface area contributed by atoms with Crippen molar-refractivity contribution < 1.29 is 4.74 Å². The molecule has 0 N–H and O–H groups in total. The Morgan fingerprint density at radius 2 is 1.19 bits per heavy atom. The molecule has 4 rings (SSSR count). The molecule has 4 aromatic rings. The second-order valence-corrected chi connectivity index (χ2v) is 12.3. The van der Waals surface area contributed by atoms with Crippen LogP contribution in [0.3, 0.4) is 0 Å². The predicted octanol–water partition coefficient (Wildman–Crippen LogP) is 4.23. The summed E-state index contributed by atoms with van der Waals surface area (Å²) in [5.41, 5.74) is -1.92. The van der Waals surface area contributed by atoms with Crippen molar-refractivity contribution in [3.63, 3.8) is 0 Å². The van der Waals surface area contributed by atoms with Gasteiger partial charge in [0.25, 0.3) is 0 Å². The predicted molar refractivity (Wildman–Crippen MR) is 115 cm³/mol. The molecule has 1 nitrogen and oxygen atoms in total. The Morgan fingerprint density at radius 3 is 1.73 bits per heavy atom. The second kappa shape index (κ2) is 7.25. The molecule has 0 aromatic heterocycles. The molecule has 0 fully saturated rings. The van der Waals surface area contributed by atoms with Crippen LogP contribution >= 0.6 is 5.51 Å². The minimum atomic E-state index is -1.92. The van der Waals surface area contributed by atoms with Crippen molar-refractivity contribution in [3.05, 3.63) is 97.1 Å². The van der Waals surface area contributed by atoms with Gasteiger partial charge < -0.3 is 0 Å². The first-order valence-corrected chi connectivity index (χ1v) is 12.5. The van der Waals surface area contributed by atoms with E-state index in [1.807, 2.05) is 6.07 Å². The molecule has 0 heterocycles. The number of rotatable bonds is 4. The van der Waals surface area contributed by atoms with Crippen LogP contribution in [0.25, 0.3) is 10.8 Å². The fourth-order valence-electron chi connectivity index (χ4n) is 3.42. The molecular weight excluding hydrogens is 402 g/mol. The maximum absolute atomic E-state index is 5.74. The second-order valence-electron chi connectivity index (χ2n) is 6.12. The van der Waals surface area contributed by atoms with Crippen molar-refractivity contribution in [2.24, 2.45) is 0 Å². The summed E-state index contributed by atoms with van der Waals surface area (Å²) in [6.45, 7) is 0. The molecule has 128 valence electrons. The van der Waals surface area contributed by atoms with E-state index in [4.69, 9.17) is 4.74 Å². The van der Waals surface area contributed by atoms with Crippen LogP contribution in [-0.2, 0) is 0 Å². The Balaban J connectivity index is 2.13. The molecule has 0 aliphatic rings. The average Bonchev–Trinajstić information content (AvgIpc) is 2.73. The van der Waals surface area contributed by atoms with Crippen LogP contribution in [0.2, 0.25) is 0 Å². The summed E-state index contributed by atoms with van der Waals surface area (Å²) in [6.07, 6.45) is 0. The van der Waals surface area contributed by atoms with Gasteiger partial charge in [0.15, 0.2) is 0 Å².